The molecule has 2 aliphatic heterocycles. The molecule has 2 aliphatic rings. The van der Waals surface area contributed by atoms with Crippen LogP contribution in [0, 0.1) is 0 Å². The Labute approximate surface area is 116 Å². The molecule has 2 heterocycles. The predicted octanol–water partition coefficient (Wildman–Crippen LogP) is 1.24. The monoisotopic (exact) mass is 265 g/mol. The third kappa shape index (κ3) is 3.37. The highest BCUT2D eigenvalue weighted by molar-refractivity contribution is 5.82. The maximum atomic E-state index is 12.6. The zero-order chi connectivity index (χ0) is 13.7. The molecule has 19 heavy (non-hydrogen) atoms. The van der Waals surface area contributed by atoms with Gasteiger partial charge in [-0.15, -0.1) is 6.58 Å². The van der Waals surface area contributed by atoms with E-state index in [1.54, 1.807) is 0 Å². The number of carbonyl (C=O) groups excluding carboxylic acids is 1. The molecule has 1 amide bonds. The van der Waals surface area contributed by atoms with E-state index in [1.165, 1.54) is 12.8 Å². The van der Waals surface area contributed by atoms with E-state index in [0.717, 1.165) is 39.0 Å². The Kier molecular flexibility index (Phi) is 5.40. The van der Waals surface area contributed by atoms with Crippen LogP contribution in [-0.4, -0.2) is 60.5 Å². The average molecular weight is 265 g/mol. The van der Waals surface area contributed by atoms with Crippen molar-refractivity contribution in [3.63, 3.8) is 0 Å². The van der Waals surface area contributed by atoms with Gasteiger partial charge in [-0.05, 0) is 52.2 Å². The topological polar surface area (TPSA) is 35.6 Å². The number of amides is 1. The fourth-order valence-corrected chi connectivity index (χ4v) is 3.37. The summed E-state index contributed by atoms with van der Waals surface area (Å²) in [6.07, 6.45) is 6.36. The summed E-state index contributed by atoms with van der Waals surface area (Å²) in [5, 5.41) is 3.40. The van der Waals surface area contributed by atoms with Gasteiger partial charge in [-0.2, -0.15) is 0 Å². The molecule has 2 rings (SSSR count). The van der Waals surface area contributed by atoms with Crippen molar-refractivity contribution in [3.05, 3.63) is 12.7 Å². The summed E-state index contributed by atoms with van der Waals surface area (Å²) in [4.78, 5) is 17.0. The number of rotatable bonds is 5. The number of carbonyl (C=O) groups is 1. The molecule has 0 radical (unpaired) electrons. The van der Waals surface area contributed by atoms with E-state index in [0.29, 0.717) is 18.5 Å². The van der Waals surface area contributed by atoms with Crippen LogP contribution in [0.3, 0.4) is 0 Å². The van der Waals surface area contributed by atoms with Crippen LogP contribution >= 0.6 is 0 Å². The molecule has 1 N–H and O–H groups in total. The summed E-state index contributed by atoms with van der Waals surface area (Å²) >= 11 is 0. The van der Waals surface area contributed by atoms with Gasteiger partial charge >= 0.3 is 0 Å². The van der Waals surface area contributed by atoms with Crippen LogP contribution in [0.4, 0.5) is 0 Å². The van der Waals surface area contributed by atoms with Crippen LogP contribution in [-0.2, 0) is 4.79 Å². The van der Waals surface area contributed by atoms with Gasteiger partial charge in [-0.25, -0.2) is 0 Å². The van der Waals surface area contributed by atoms with Crippen molar-refractivity contribution in [2.75, 3.05) is 32.7 Å². The Morgan fingerprint density at radius 2 is 2.16 bits per heavy atom. The van der Waals surface area contributed by atoms with Crippen LogP contribution in [0.2, 0.25) is 0 Å². The highest BCUT2D eigenvalue weighted by atomic mass is 16.2. The van der Waals surface area contributed by atoms with Gasteiger partial charge in [-0.1, -0.05) is 6.08 Å². The van der Waals surface area contributed by atoms with Gasteiger partial charge in [0.25, 0.3) is 0 Å². The molecule has 1 unspecified atom stereocenters. The Bertz CT molecular complexity index is 313. The summed E-state index contributed by atoms with van der Waals surface area (Å²) in [6, 6.07) is 0.711. The maximum Gasteiger partial charge on any atom is 0.240 e. The lowest BCUT2D eigenvalue weighted by Gasteiger charge is -2.36. The summed E-state index contributed by atoms with van der Waals surface area (Å²) in [5.74, 6) is 0.304. The quantitative estimate of drug-likeness (QED) is 0.760. The van der Waals surface area contributed by atoms with E-state index < -0.39 is 0 Å². The number of likely N-dealkylation sites (N-methyl/N-ethyl adjacent to an activating group) is 1. The van der Waals surface area contributed by atoms with Crippen LogP contribution in [0.1, 0.15) is 32.6 Å². The molecule has 1 atom stereocenters. The molecule has 0 spiro atoms. The summed E-state index contributed by atoms with van der Waals surface area (Å²) in [6.45, 7) is 10.5. The van der Waals surface area contributed by atoms with E-state index in [1.807, 2.05) is 17.9 Å². The lowest BCUT2D eigenvalue weighted by atomic mass is 10.0. The van der Waals surface area contributed by atoms with E-state index in [4.69, 9.17) is 0 Å². The molecule has 0 bridgehead atoms. The zero-order valence-electron chi connectivity index (χ0n) is 12.1. The minimum Gasteiger partial charge on any atom is -0.338 e. The number of piperidine rings is 1. The van der Waals surface area contributed by atoms with E-state index >= 15 is 0 Å². The van der Waals surface area contributed by atoms with Crippen molar-refractivity contribution >= 4 is 5.91 Å². The lowest BCUT2D eigenvalue weighted by molar-refractivity contribution is -0.136. The van der Waals surface area contributed by atoms with Crippen molar-refractivity contribution in [2.45, 2.75) is 44.7 Å². The Morgan fingerprint density at radius 3 is 2.79 bits per heavy atom. The molecule has 0 saturated carbocycles. The Hall–Kier alpha value is -0.870. The summed E-state index contributed by atoms with van der Waals surface area (Å²) < 4.78 is 0. The first kappa shape index (κ1) is 14.5. The number of hydrogen-bond donors (Lipinski definition) is 1. The fraction of sp³-hybridized carbons (Fsp3) is 0.800. The first-order valence-corrected chi connectivity index (χ1v) is 7.64. The van der Waals surface area contributed by atoms with Gasteiger partial charge in [0.2, 0.25) is 5.91 Å². The van der Waals surface area contributed by atoms with Gasteiger partial charge in [0.15, 0.2) is 0 Å². The molecule has 0 aromatic heterocycles. The van der Waals surface area contributed by atoms with Crippen molar-refractivity contribution < 1.29 is 4.79 Å². The third-order valence-electron chi connectivity index (χ3n) is 4.40. The van der Waals surface area contributed by atoms with Gasteiger partial charge in [0, 0.05) is 19.1 Å². The SMILES string of the molecule is C=CCN(CC)C(=O)C1CCCN1C1CCNCC1. The fourth-order valence-electron chi connectivity index (χ4n) is 3.37. The van der Waals surface area contributed by atoms with Crippen LogP contribution in [0.5, 0.6) is 0 Å². The lowest BCUT2D eigenvalue weighted by Crippen LogP contribution is -2.51. The van der Waals surface area contributed by atoms with Gasteiger partial charge in [0.1, 0.15) is 0 Å². The normalized spacial score (nSPS) is 25.4. The van der Waals surface area contributed by atoms with Crippen molar-refractivity contribution in [3.8, 4) is 0 Å². The third-order valence-corrected chi connectivity index (χ3v) is 4.40. The van der Waals surface area contributed by atoms with Gasteiger partial charge in [0.05, 0.1) is 6.04 Å². The minimum absolute atomic E-state index is 0.114. The number of nitrogens with one attached hydrogen (secondary N) is 1. The molecule has 108 valence electrons. The maximum absolute atomic E-state index is 12.6. The standard InChI is InChI=1S/C15H27N3O/c1-3-11-17(4-2)15(19)14-6-5-12-18(14)13-7-9-16-10-8-13/h3,13-14,16H,1,4-12H2,2H3. The number of nitrogens with zero attached hydrogens (tertiary/aromatic N) is 2. The largest absolute Gasteiger partial charge is 0.338 e. The second-order valence-corrected chi connectivity index (χ2v) is 5.54. The molecular formula is C15H27N3O. The second kappa shape index (κ2) is 7.06. The molecule has 4 nitrogen and oxygen atoms in total. The van der Waals surface area contributed by atoms with E-state index in [2.05, 4.69) is 16.8 Å². The molecular weight excluding hydrogens is 238 g/mol. The first-order valence-electron chi connectivity index (χ1n) is 7.64. The number of hydrogen-bond acceptors (Lipinski definition) is 3. The van der Waals surface area contributed by atoms with E-state index in [9.17, 15) is 4.79 Å². The molecule has 0 aromatic carbocycles. The molecule has 4 heteroatoms. The van der Waals surface area contributed by atoms with Crippen molar-refractivity contribution in [1.82, 2.24) is 15.1 Å². The van der Waals surface area contributed by atoms with E-state index in [-0.39, 0.29) is 6.04 Å². The van der Waals surface area contributed by atoms with Crippen LogP contribution < -0.4 is 5.32 Å². The predicted molar refractivity (Wildman–Crippen MR) is 78.1 cm³/mol. The van der Waals surface area contributed by atoms with Gasteiger partial charge < -0.3 is 10.2 Å². The molecule has 2 saturated heterocycles. The molecule has 2 fully saturated rings. The molecule has 0 aliphatic carbocycles. The highest BCUT2D eigenvalue weighted by Crippen LogP contribution is 2.25. The van der Waals surface area contributed by atoms with Gasteiger partial charge in [-0.3, -0.25) is 9.69 Å². The molecule has 0 aromatic rings. The summed E-state index contributed by atoms with van der Waals surface area (Å²) in [7, 11) is 0. The van der Waals surface area contributed by atoms with Crippen LogP contribution in [0.25, 0.3) is 0 Å². The highest BCUT2D eigenvalue weighted by Gasteiger charge is 2.37. The average Bonchev–Trinajstić information content (AvgIpc) is 2.94. The summed E-state index contributed by atoms with van der Waals surface area (Å²) in [5.41, 5.74) is 0. The number of likely N-dealkylation sites (tertiary alicyclic amines) is 1. The van der Waals surface area contributed by atoms with Crippen LogP contribution in [0.15, 0.2) is 12.7 Å². The zero-order valence-corrected chi connectivity index (χ0v) is 12.1. The second-order valence-electron chi connectivity index (χ2n) is 5.54. The van der Waals surface area contributed by atoms with Crippen molar-refractivity contribution in [2.24, 2.45) is 0 Å². The minimum atomic E-state index is 0.114. The first-order chi connectivity index (χ1) is 9.27. The Morgan fingerprint density at radius 1 is 1.42 bits per heavy atom. The smallest absolute Gasteiger partial charge is 0.240 e. The van der Waals surface area contributed by atoms with Crippen molar-refractivity contribution in [1.29, 1.82) is 0 Å². The Balaban J connectivity index is 2.00.